The van der Waals surface area contributed by atoms with Crippen LogP contribution in [0, 0.1) is 12.8 Å². The monoisotopic (exact) mass is 362 g/mol. The average molecular weight is 362 g/mol. The zero-order valence-electron chi connectivity index (χ0n) is 15.4. The fraction of sp³-hybridized carbons (Fsp3) is 0.333. The lowest BCUT2D eigenvalue weighted by molar-refractivity contribution is -0.117. The zero-order valence-corrected chi connectivity index (χ0v) is 15.4. The van der Waals surface area contributed by atoms with Gasteiger partial charge in [0.05, 0.1) is 17.3 Å². The van der Waals surface area contributed by atoms with Gasteiger partial charge in [0, 0.05) is 47.1 Å². The standard InChI is InChI=1S/C21H22N4O2/c1-3-19(26)18-6-12(2)16(11-23-18)14-7-15-10-24-20(8-17(15)22-9-14)25-21(27)13-4-5-13/h6-11,13,19,26H,3-5H2,1-2H3,(H,24,25,27)/t19-/m1/s1. The van der Waals surface area contributed by atoms with E-state index < -0.39 is 6.10 Å². The summed E-state index contributed by atoms with van der Waals surface area (Å²) in [6, 6.07) is 5.73. The van der Waals surface area contributed by atoms with Gasteiger partial charge in [0.2, 0.25) is 5.91 Å². The van der Waals surface area contributed by atoms with Crippen LogP contribution < -0.4 is 5.32 Å². The van der Waals surface area contributed by atoms with Gasteiger partial charge in [-0.15, -0.1) is 0 Å². The molecule has 1 aliphatic carbocycles. The number of hydrogen-bond acceptors (Lipinski definition) is 5. The molecule has 3 aromatic rings. The summed E-state index contributed by atoms with van der Waals surface area (Å²) < 4.78 is 0. The maximum Gasteiger partial charge on any atom is 0.228 e. The number of aryl methyl sites for hydroxylation is 1. The minimum atomic E-state index is -0.541. The van der Waals surface area contributed by atoms with Gasteiger partial charge >= 0.3 is 0 Å². The predicted molar refractivity (Wildman–Crippen MR) is 104 cm³/mol. The van der Waals surface area contributed by atoms with E-state index in [1.807, 2.05) is 26.0 Å². The predicted octanol–water partition coefficient (Wildman–Crippen LogP) is 3.79. The summed E-state index contributed by atoms with van der Waals surface area (Å²) in [6.45, 7) is 3.93. The van der Waals surface area contributed by atoms with Crippen molar-refractivity contribution in [2.24, 2.45) is 5.92 Å². The van der Waals surface area contributed by atoms with Gasteiger partial charge in [-0.05, 0) is 43.9 Å². The molecule has 3 heterocycles. The summed E-state index contributed by atoms with van der Waals surface area (Å²) in [4.78, 5) is 25.2. The normalized spacial score (nSPS) is 14.9. The van der Waals surface area contributed by atoms with Crippen molar-refractivity contribution in [1.82, 2.24) is 15.0 Å². The number of aliphatic hydroxyl groups excluding tert-OH is 1. The fourth-order valence-electron chi connectivity index (χ4n) is 3.08. The van der Waals surface area contributed by atoms with E-state index in [0.29, 0.717) is 17.9 Å². The Morgan fingerprint density at radius 2 is 2.00 bits per heavy atom. The highest BCUT2D eigenvalue weighted by Gasteiger charge is 2.29. The van der Waals surface area contributed by atoms with Crippen LogP contribution in [0.4, 0.5) is 5.82 Å². The molecule has 6 heteroatoms. The molecule has 1 aliphatic rings. The summed E-state index contributed by atoms with van der Waals surface area (Å²) >= 11 is 0. The molecule has 2 N–H and O–H groups in total. The number of aliphatic hydroxyl groups is 1. The van der Waals surface area contributed by atoms with E-state index in [-0.39, 0.29) is 11.8 Å². The first-order valence-electron chi connectivity index (χ1n) is 9.27. The minimum absolute atomic E-state index is 0.0366. The van der Waals surface area contributed by atoms with Crippen molar-refractivity contribution >= 4 is 22.6 Å². The highest BCUT2D eigenvalue weighted by atomic mass is 16.3. The smallest absolute Gasteiger partial charge is 0.228 e. The Labute approximate surface area is 157 Å². The van der Waals surface area contributed by atoms with Crippen LogP contribution in [-0.2, 0) is 4.79 Å². The van der Waals surface area contributed by atoms with E-state index in [0.717, 1.165) is 40.4 Å². The van der Waals surface area contributed by atoms with E-state index in [1.165, 1.54) is 0 Å². The lowest BCUT2D eigenvalue weighted by Gasteiger charge is -2.12. The highest BCUT2D eigenvalue weighted by molar-refractivity contribution is 5.95. The lowest BCUT2D eigenvalue weighted by Crippen LogP contribution is -2.14. The molecule has 4 rings (SSSR count). The maximum atomic E-state index is 11.9. The molecular weight excluding hydrogens is 340 g/mol. The number of nitrogens with zero attached hydrogens (tertiary/aromatic N) is 3. The van der Waals surface area contributed by atoms with Crippen molar-refractivity contribution in [3.8, 4) is 11.1 Å². The molecule has 138 valence electrons. The van der Waals surface area contributed by atoms with E-state index in [1.54, 1.807) is 24.7 Å². The summed E-state index contributed by atoms with van der Waals surface area (Å²) in [5.74, 6) is 0.715. The Balaban J connectivity index is 1.62. The molecule has 1 fully saturated rings. The SMILES string of the molecule is CC[C@@H](O)c1cc(C)c(-c2cnc3cc(NC(=O)C4CC4)ncc3c2)cn1. The number of hydrogen-bond donors (Lipinski definition) is 2. The summed E-state index contributed by atoms with van der Waals surface area (Å²) in [5.41, 5.74) is 4.42. The van der Waals surface area contributed by atoms with Crippen LogP contribution in [0.1, 0.15) is 43.5 Å². The van der Waals surface area contributed by atoms with E-state index in [4.69, 9.17) is 0 Å². The molecule has 6 nitrogen and oxygen atoms in total. The van der Waals surface area contributed by atoms with Crippen molar-refractivity contribution in [2.75, 3.05) is 5.32 Å². The third-order valence-electron chi connectivity index (χ3n) is 4.94. The van der Waals surface area contributed by atoms with Crippen molar-refractivity contribution in [3.63, 3.8) is 0 Å². The second-order valence-electron chi connectivity index (χ2n) is 7.10. The van der Waals surface area contributed by atoms with E-state index in [2.05, 4.69) is 20.3 Å². The molecule has 0 saturated heterocycles. The molecule has 0 radical (unpaired) electrons. The number of fused-ring (bicyclic) bond motifs is 1. The van der Waals surface area contributed by atoms with Gasteiger partial charge in [-0.2, -0.15) is 0 Å². The van der Waals surface area contributed by atoms with Crippen LogP contribution in [0.2, 0.25) is 0 Å². The number of amides is 1. The second kappa shape index (κ2) is 7.04. The van der Waals surface area contributed by atoms with Crippen LogP contribution in [0.3, 0.4) is 0 Å². The average Bonchev–Trinajstić information content (AvgIpc) is 3.52. The number of anilines is 1. The number of carbonyl (C=O) groups excluding carboxylic acids is 1. The Hall–Kier alpha value is -2.86. The summed E-state index contributed by atoms with van der Waals surface area (Å²) in [6.07, 6.45) is 7.32. The molecule has 0 aliphatic heterocycles. The van der Waals surface area contributed by atoms with Crippen molar-refractivity contribution < 1.29 is 9.90 Å². The van der Waals surface area contributed by atoms with Crippen molar-refractivity contribution in [1.29, 1.82) is 0 Å². The number of aromatic nitrogens is 3. The Morgan fingerprint density at radius 3 is 2.70 bits per heavy atom. The van der Waals surface area contributed by atoms with Crippen LogP contribution in [0.15, 0.2) is 36.8 Å². The first-order valence-corrected chi connectivity index (χ1v) is 9.27. The lowest BCUT2D eigenvalue weighted by atomic mass is 10.0. The van der Waals surface area contributed by atoms with Gasteiger partial charge in [-0.1, -0.05) is 6.92 Å². The minimum Gasteiger partial charge on any atom is -0.387 e. The molecule has 1 amide bonds. The molecule has 0 spiro atoms. The van der Waals surface area contributed by atoms with Gasteiger partial charge in [-0.25, -0.2) is 4.98 Å². The number of nitrogens with one attached hydrogen (secondary N) is 1. The van der Waals surface area contributed by atoms with Gasteiger partial charge < -0.3 is 10.4 Å². The number of carbonyl (C=O) groups is 1. The second-order valence-corrected chi connectivity index (χ2v) is 7.10. The summed E-state index contributed by atoms with van der Waals surface area (Å²) in [7, 11) is 0. The molecule has 0 bridgehead atoms. The Kier molecular flexibility index (Phi) is 4.58. The van der Waals surface area contributed by atoms with Crippen molar-refractivity contribution in [2.45, 2.75) is 39.2 Å². The Morgan fingerprint density at radius 1 is 1.19 bits per heavy atom. The van der Waals surface area contributed by atoms with Crippen molar-refractivity contribution in [3.05, 3.63) is 48.0 Å². The molecule has 3 aromatic heterocycles. The third-order valence-corrected chi connectivity index (χ3v) is 4.94. The molecule has 27 heavy (non-hydrogen) atoms. The van der Waals surface area contributed by atoms with Gasteiger partial charge in [0.25, 0.3) is 0 Å². The van der Waals surface area contributed by atoms with Gasteiger partial charge in [0.1, 0.15) is 5.82 Å². The third kappa shape index (κ3) is 3.66. The van der Waals surface area contributed by atoms with E-state index >= 15 is 0 Å². The molecule has 0 unspecified atom stereocenters. The van der Waals surface area contributed by atoms with Crippen LogP contribution in [0.5, 0.6) is 0 Å². The first kappa shape index (κ1) is 17.5. The highest BCUT2D eigenvalue weighted by Crippen LogP contribution is 2.31. The van der Waals surface area contributed by atoms with Crippen LogP contribution >= 0.6 is 0 Å². The molecule has 1 saturated carbocycles. The fourth-order valence-corrected chi connectivity index (χ4v) is 3.08. The molecular formula is C21H22N4O2. The van der Waals surface area contributed by atoms with Gasteiger partial charge in [-0.3, -0.25) is 14.8 Å². The largest absolute Gasteiger partial charge is 0.387 e. The van der Waals surface area contributed by atoms with Gasteiger partial charge in [0.15, 0.2) is 0 Å². The zero-order chi connectivity index (χ0) is 19.0. The number of pyridine rings is 3. The quantitative estimate of drug-likeness (QED) is 0.721. The molecule has 1 atom stereocenters. The van der Waals surface area contributed by atoms with Crippen LogP contribution in [-0.4, -0.2) is 26.0 Å². The van der Waals surface area contributed by atoms with E-state index in [9.17, 15) is 9.90 Å². The molecule has 0 aromatic carbocycles. The Bertz CT molecular complexity index is 1010. The number of rotatable bonds is 5. The maximum absolute atomic E-state index is 11.9. The summed E-state index contributed by atoms with van der Waals surface area (Å²) in [5, 5.41) is 13.7. The topological polar surface area (TPSA) is 88.0 Å². The first-order chi connectivity index (χ1) is 13.0. The van der Waals surface area contributed by atoms with Crippen LogP contribution in [0.25, 0.3) is 22.0 Å².